The van der Waals surface area contributed by atoms with Crippen molar-refractivity contribution in [2.24, 2.45) is 0 Å². The lowest BCUT2D eigenvalue weighted by atomic mass is 9.77. The average molecular weight is 1130 g/mol. The molecule has 2 saturated carbocycles. The summed E-state index contributed by atoms with van der Waals surface area (Å²) in [6.07, 6.45) is 12.3. The molecule has 2 spiro atoms. The van der Waals surface area contributed by atoms with Gasteiger partial charge < -0.3 is 38.5 Å². The van der Waals surface area contributed by atoms with Crippen molar-refractivity contribution in [3.63, 3.8) is 0 Å². The van der Waals surface area contributed by atoms with Gasteiger partial charge in [0.1, 0.15) is 23.0 Å². The summed E-state index contributed by atoms with van der Waals surface area (Å²) in [5.41, 5.74) is 14.3. The van der Waals surface area contributed by atoms with Crippen LogP contribution in [0.15, 0.2) is 158 Å². The predicted molar refractivity (Wildman–Crippen MR) is 340 cm³/mol. The minimum absolute atomic E-state index is 0.334. The van der Waals surface area contributed by atoms with E-state index in [1.165, 1.54) is 75.3 Å². The van der Waals surface area contributed by atoms with Crippen molar-refractivity contribution in [3.8, 4) is 23.0 Å². The van der Waals surface area contributed by atoms with Gasteiger partial charge in [0, 0.05) is 124 Å². The standard InChI is InChI=1S/C75H76N4O6/c1-9-78(65-45-63-67(41-47(65)3)82-69-43-55(76(7)51-21-13-11-14-22-51)37-39-61(69)74(63)59-27-19-17-25-57(59)71(80)84-74)53-33-29-49(30-34-53)73(5,6)50-31-35-54(36-32-50)79(10-2)66-46-64-68(42-48(66)4)83-70-44-56(77(8)52-23-15-12-16-24-52)38-40-62(70)75(64)60-28-20-18-26-58(60)72(81)85-75/h17-20,25-46,51-52H,9-16,21-24H2,1-8H3. The molecule has 0 saturated heterocycles. The molecule has 8 aromatic rings. The highest BCUT2D eigenvalue weighted by Gasteiger charge is 2.56. The molecule has 0 amide bonds. The van der Waals surface area contributed by atoms with E-state index in [0.29, 0.717) is 59.3 Å². The molecule has 0 radical (unpaired) electrons. The van der Waals surface area contributed by atoms with Gasteiger partial charge in [-0.05, 0) is 161 Å². The van der Waals surface area contributed by atoms with E-state index in [1.54, 1.807) is 0 Å². The maximum Gasteiger partial charge on any atom is 0.340 e. The van der Waals surface area contributed by atoms with Gasteiger partial charge in [-0.1, -0.05) is 113 Å². The molecule has 4 heterocycles. The molecule has 0 aromatic heterocycles. The number of benzene rings is 8. The third-order valence-corrected chi connectivity index (χ3v) is 20.1. The Morgan fingerprint density at radius 2 is 0.800 bits per heavy atom. The summed E-state index contributed by atoms with van der Waals surface area (Å²) in [6.45, 7) is 14.6. The van der Waals surface area contributed by atoms with E-state index in [9.17, 15) is 9.59 Å². The van der Waals surface area contributed by atoms with Crippen molar-refractivity contribution >= 4 is 46.1 Å². The third kappa shape index (κ3) is 8.62. The fraction of sp³-hybridized carbons (Fsp3) is 0.333. The Kier molecular flexibility index (Phi) is 13.4. The molecule has 85 heavy (non-hydrogen) atoms. The molecule has 2 aliphatic carbocycles. The van der Waals surface area contributed by atoms with E-state index in [0.717, 1.165) is 78.6 Å². The summed E-state index contributed by atoms with van der Waals surface area (Å²) < 4.78 is 27.3. The molecule has 432 valence electrons. The van der Waals surface area contributed by atoms with E-state index in [1.807, 2.05) is 48.5 Å². The summed E-state index contributed by atoms with van der Waals surface area (Å²) in [7, 11) is 4.39. The first-order chi connectivity index (χ1) is 41.2. The van der Waals surface area contributed by atoms with Gasteiger partial charge >= 0.3 is 11.9 Å². The van der Waals surface area contributed by atoms with Crippen LogP contribution < -0.4 is 29.1 Å². The molecule has 0 bridgehead atoms. The Hall–Kier alpha value is -8.50. The number of esters is 2. The van der Waals surface area contributed by atoms with Crippen LogP contribution in [-0.4, -0.2) is 51.2 Å². The number of carbonyl (C=O) groups excluding carboxylic acids is 2. The van der Waals surface area contributed by atoms with Gasteiger partial charge in [-0.2, -0.15) is 0 Å². The zero-order valence-corrected chi connectivity index (χ0v) is 50.4. The SMILES string of the molecule is CCN(c1ccc(C(C)(C)c2ccc(N(CC)c3cc4c(cc3C)Oc3cc(N(C)C5CCCCC5)ccc3C43OC(=O)c4ccccc43)cc2)cc1)c1cc2c(cc1C)Oc1cc(N(C)C3CCCCC3)ccc1C21OC(=O)c2ccccc21. The van der Waals surface area contributed by atoms with Crippen LogP contribution in [0.25, 0.3) is 0 Å². The van der Waals surface area contributed by atoms with Crippen molar-refractivity contribution in [2.45, 2.75) is 134 Å². The number of carbonyl (C=O) groups is 2. The third-order valence-electron chi connectivity index (χ3n) is 20.1. The number of hydrogen-bond acceptors (Lipinski definition) is 10. The fourth-order valence-electron chi connectivity index (χ4n) is 15.2. The van der Waals surface area contributed by atoms with Gasteiger partial charge in [0.15, 0.2) is 11.2 Å². The number of hydrogen-bond donors (Lipinski definition) is 0. The highest BCUT2D eigenvalue weighted by Crippen LogP contribution is 2.60. The first-order valence-electron chi connectivity index (χ1n) is 31.1. The highest BCUT2D eigenvalue weighted by atomic mass is 16.6. The van der Waals surface area contributed by atoms with Crippen molar-refractivity contribution < 1.29 is 28.5 Å². The van der Waals surface area contributed by atoms with Crippen molar-refractivity contribution in [1.82, 2.24) is 0 Å². The van der Waals surface area contributed by atoms with E-state index in [4.69, 9.17) is 18.9 Å². The summed E-state index contributed by atoms with van der Waals surface area (Å²) in [6, 6.07) is 56.0. The number of ether oxygens (including phenoxy) is 4. The number of anilines is 6. The molecule has 4 aliphatic heterocycles. The molecule has 10 heteroatoms. The van der Waals surface area contributed by atoms with Crippen LogP contribution in [0.1, 0.15) is 168 Å². The van der Waals surface area contributed by atoms with Gasteiger partial charge in [-0.15, -0.1) is 0 Å². The average Bonchev–Trinajstić information content (AvgIpc) is 1.92. The van der Waals surface area contributed by atoms with Crippen LogP contribution in [-0.2, 0) is 26.1 Å². The normalized spacial score (nSPS) is 19.3. The molecular weight excluding hydrogens is 1050 g/mol. The second-order valence-corrected chi connectivity index (χ2v) is 25.1. The van der Waals surface area contributed by atoms with E-state index in [2.05, 4.69) is 184 Å². The van der Waals surface area contributed by atoms with Gasteiger partial charge in [0.05, 0.1) is 11.1 Å². The minimum Gasteiger partial charge on any atom is -0.456 e. The van der Waals surface area contributed by atoms with Crippen LogP contribution in [0.5, 0.6) is 23.0 Å². The lowest BCUT2D eigenvalue weighted by molar-refractivity contribution is 0.0214. The van der Waals surface area contributed by atoms with Gasteiger partial charge in [0.2, 0.25) is 0 Å². The molecule has 6 aliphatic rings. The van der Waals surface area contributed by atoms with Gasteiger partial charge in [-0.3, -0.25) is 0 Å². The predicted octanol–water partition coefficient (Wildman–Crippen LogP) is 17.6. The smallest absolute Gasteiger partial charge is 0.340 e. The van der Waals surface area contributed by atoms with Crippen molar-refractivity contribution in [3.05, 3.63) is 224 Å². The Labute approximate surface area is 500 Å². The Bertz CT molecular complexity index is 3700. The lowest BCUT2D eigenvalue weighted by Crippen LogP contribution is -2.35. The molecular formula is C75H76N4O6. The summed E-state index contributed by atoms with van der Waals surface area (Å²) in [5, 5.41) is 0. The number of fused-ring (bicyclic) bond motifs is 12. The van der Waals surface area contributed by atoms with Crippen LogP contribution in [0, 0.1) is 13.8 Å². The van der Waals surface area contributed by atoms with Crippen molar-refractivity contribution in [2.75, 3.05) is 46.8 Å². The van der Waals surface area contributed by atoms with Crippen LogP contribution in [0.2, 0.25) is 0 Å². The van der Waals surface area contributed by atoms with Crippen LogP contribution in [0.4, 0.5) is 34.1 Å². The van der Waals surface area contributed by atoms with E-state index < -0.39 is 11.2 Å². The summed E-state index contributed by atoms with van der Waals surface area (Å²) >= 11 is 0. The molecule has 14 rings (SSSR count). The van der Waals surface area contributed by atoms with E-state index >= 15 is 0 Å². The minimum atomic E-state index is -1.18. The van der Waals surface area contributed by atoms with Crippen molar-refractivity contribution in [1.29, 1.82) is 0 Å². The second-order valence-electron chi connectivity index (χ2n) is 25.1. The number of rotatable bonds is 12. The van der Waals surface area contributed by atoms with Crippen LogP contribution >= 0.6 is 0 Å². The topological polar surface area (TPSA) is 84.0 Å². The fourth-order valence-corrected chi connectivity index (χ4v) is 15.2. The summed E-state index contributed by atoms with van der Waals surface area (Å²) in [5.74, 6) is 2.14. The Morgan fingerprint density at radius 3 is 1.19 bits per heavy atom. The first-order valence-corrected chi connectivity index (χ1v) is 31.1. The summed E-state index contributed by atoms with van der Waals surface area (Å²) in [4.78, 5) is 37.4. The zero-order valence-electron chi connectivity index (χ0n) is 50.4. The van der Waals surface area contributed by atoms with Crippen LogP contribution in [0.3, 0.4) is 0 Å². The Balaban J connectivity index is 0.752. The maximum absolute atomic E-state index is 14.0. The lowest BCUT2D eigenvalue weighted by Gasteiger charge is -2.39. The Morgan fingerprint density at radius 1 is 0.435 bits per heavy atom. The zero-order chi connectivity index (χ0) is 58.5. The number of nitrogens with zero attached hydrogens (tertiary/aromatic N) is 4. The second kappa shape index (κ2) is 20.9. The highest BCUT2D eigenvalue weighted by molar-refractivity contribution is 5.98. The molecule has 2 unspecified atom stereocenters. The maximum atomic E-state index is 14.0. The molecule has 0 N–H and O–H groups in total. The molecule has 2 atom stereocenters. The largest absolute Gasteiger partial charge is 0.456 e. The molecule has 10 nitrogen and oxygen atoms in total. The number of aryl methyl sites for hydroxylation is 2. The van der Waals surface area contributed by atoms with Gasteiger partial charge in [0.25, 0.3) is 0 Å². The quantitative estimate of drug-likeness (QED) is 0.110. The van der Waals surface area contributed by atoms with Gasteiger partial charge in [-0.25, -0.2) is 9.59 Å². The first kappa shape index (κ1) is 54.4. The molecule has 8 aromatic carbocycles. The monoisotopic (exact) mass is 1130 g/mol. The molecule has 2 fully saturated rings. The van der Waals surface area contributed by atoms with E-state index in [-0.39, 0.29) is 17.4 Å².